The van der Waals surface area contributed by atoms with Gasteiger partial charge in [-0.05, 0) is 50.4 Å². The van der Waals surface area contributed by atoms with Gasteiger partial charge in [-0.3, -0.25) is 29.3 Å². The van der Waals surface area contributed by atoms with Gasteiger partial charge in [0.1, 0.15) is 19.0 Å². The van der Waals surface area contributed by atoms with Crippen LogP contribution in [0.25, 0.3) is 11.1 Å². The quantitative estimate of drug-likeness (QED) is 0.184. The van der Waals surface area contributed by atoms with E-state index < -0.39 is 11.9 Å². The van der Waals surface area contributed by atoms with Crippen molar-refractivity contribution in [2.75, 3.05) is 51.9 Å². The largest absolute Gasteiger partial charge is 0.498 e. The van der Waals surface area contributed by atoms with E-state index >= 15 is 4.39 Å². The van der Waals surface area contributed by atoms with Crippen LogP contribution in [-0.4, -0.2) is 95.7 Å². The van der Waals surface area contributed by atoms with Crippen molar-refractivity contribution in [3.05, 3.63) is 72.3 Å². The summed E-state index contributed by atoms with van der Waals surface area (Å²) in [5, 5.41) is 7.78. The number of halogens is 1. The monoisotopic (exact) mass is 603 g/mol. The molecule has 1 aromatic carbocycles. The first kappa shape index (κ1) is 29.4. The lowest BCUT2D eigenvalue weighted by atomic mass is 9.99. The molecule has 3 atom stereocenters. The number of aliphatic imine (C=N–C) groups is 1. The van der Waals surface area contributed by atoms with Gasteiger partial charge in [-0.25, -0.2) is 9.18 Å². The van der Waals surface area contributed by atoms with Gasteiger partial charge in [0.05, 0.1) is 49.6 Å². The van der Waals surface area contributed by atoms with Gasteiger partial charge < -0.3 is 14.2 Å². The molecule has 1 saturated heterocycles. The van der Waals surface area contributed by atoms with Crippen molar-refractivity contribution >= 4 is 23.5 Å². The van der Waals surface area contributed by atoms with Gasteiger partial charge in [-0.15, -0.1) is 5.10 Å². The van der Waals surface area contributed by atoms with E-state index in [0.29, 0.717) is 42.2 Å². The van der Waals surface area contributed by atoms with E-state index in [2.05, 4.69) is 15.3 Å². The van der Waals surface area contributed by atoms with Crippen LogP contribution in [0, 0.1) is 17.7 Å². The first-order valence-electron chi connectivity index (χ1n) is 14.6. The van der Waals surface area contributed by atoms with Crippen LogP contribution in [-0.2, 0) is 25.5 Å². The molecule has 12 nitrogen and oxygen atoms in total. The summed E-state index contributed by atoms with van der Waals surface area (Å²) >= 11 is 0. The summed E-state index contributed by atoms with van der Waals surface area (Å²) in [5.41, 5.74) is 4.16. The fourth-order valence-electron chi connectivity index (χ4n) is 5.45. The minimum Gasteiger partial charge on any atom is -0.498 e. The second-order valence-corrected chi connectivity index (χ2v) is 11.5. The Bertz CT molecular complexity index is 1560. The highest BCUT2D eigenvalue weighted by atomic mass is 19.1. The molecule has 2 aromatic heterocycles. The van der Waals surface area contributed by atoms with Crippen LogP contribution < -0.4 is 4.90 Å². The highest BCUT2D eigenvalue weighted by Gasteiger charge is 2.44. The van der Waals surface area contributed by atoms with Crippen molar-refractivity contribution in [1.29, 1.82) is 0 Å². The number of carbonyl (C=O) groups is 2. The Kier molecular flexibility index (Phi) is 8.64. The fourth-order valence-corrected chi connectivity index (χ4v) is 5.45. The summed E-state index contributed by atoms with van der Waals surface area (Å²) in [7, 11) is 3.62. The summed E-state index contributed by atoms with van der Waals surface area (Å²) in [4.78, 5) is 36.8. The first-order chi connectivity index (χ1) is 21.3. The number of benzene rings is 1. The molecule has 13 heteroatoms. The van der Waals surface area contributed by atoms with Crippen molar-refractivity contribution in [3.63, 3.8) is 0 Å². The Morgan fingerprint density at radius 3 is 2.86 bits per heavy atom. The fraction of sp³-hybridized carbons (Fsp3) is 0.419. The third-order valence-corrected chi connectivity index (χ3v) is 7.73. The third-order valence-electron chi connectivity index (χ3n) is 7.73. The lowest BCUT2D eigenvalue weighted by molar-refractivity contribution is -0.145. The van der Waals surface area contributed by atoms with E-state index in [9.17, 15) is 9.59 Å². The molecule has 2 fully saturated rings. The minimum atomic E-state index is -0.508. The van der Waals surface area contributed by atoms with Gasteiger partial charge in [-0.1, -0.05) is 11.3 Å². The molecule has 0 bridgehead atoms. The van der Waals surface area contributed by atoms with Crippen LogP contribution in [0.5, 0.6) is 0 Å². The summed E-state index contributed by atoms with van der Waals surface area (Å²) in [6.45, 7) is 1.89. The highest BCUT2D eigenvalue weighted by Crippen LogP contribution is 2.45. The van der Waals surface area contributed by atoms with Crippen LogP contribution >= 0.6 is 0 Å². The molecule has 3 aliphatic rings. The Balaban J connectivity index is 1.07. The number of nitrogens with zero attached hydrogens (tertiary/aromatic N) is 7. The summed E-state index contributed by atoms with van der Waals surface area (Å²) < 4.78 is 33.2. The van der Waals surface area contributed by atoms with Crippen LogP contribution in [0.15, 0.2) is 65.7 Å². The van der Waals surface area contributed by atoms with Gasteiger partial charge in [0.15, 0.2) is 0 Å². The lowest BCUT2D eigenvalue weighted by Gasteiger charge is -2.32. The third kappa shape index (κ3) is 6.94. The van der Waals surface area contributed by atoms with Crippen LogP contribution in [0.1, 0.15) is 18.5 Å². The summed E-state index contributed by atoms with van der Waals surface area (Å²) in [6.07, 6.45) is 7.82. The van der Waals surface area contributed by atoms with Crippen molar-refractivity contribution in [1.82, 2.24) is 24.9 Å². The van der Waals surface area contributed by atoms with E-state index in [0.717, 1.165) is 23.4 Å². The normalized spacial score (nSPS) is 22.0. The highest BCUT2D eigenvalue weighted by molar-refractivity contribution is 6.01. The second-order valence-electron chi connectivity index (χ2n) is 11.5. The molecule has 2 unspecified atom stereocenters. The number of cyclic esters (lactones) is 1. The molecule has 4 heterocycles. The van der Waals surface area contributed by atoms with Gasteiger partial charge >= 0.3 is 12.1 Å². The molecule has 1 amide bonds. The Morgan fingerprint density at radius 1 is 1.23 bits per heavy atom. The molecule has 0 radical (unpaired) electrons. The summed E-state index contributed by atoms with van der Waals surface area (Å²) in [5.74, 6) is -0.390. The summed E-state index contributed by atoms with van der Waals surface area (Å²) in [6, 6.07) is 8.61. The number of carbonyl (C=O) groups excluding carboxylic acids is 2. The molecular weight excluding hydrogens is 569 g/mol. The van der Waals surface area contributed by atoms with Gasteiger partial charge in [0.25, 0.3) is 0 Å². The number of pyridine rings is 1. The number of hydrogen-bond acceptors (Lipinski definition) is 10. The van der Waals surface area contributed by atoms with E-state index in [-0.39, 0.29) is 44.3 Å². The minimum absolute atomic E-state index is 0.0119. The molecule has 1 saturated carbocycles. The number of ether oxygens (including phenoxy) is 3. The molecule has 0 N–H and O–H groups in total. The van der Waals surface area contributed by atoms with Gasteiger partial charge in [0.2, 0.25) is 0 Å². The van der Waals surface area contributed by atoms with E-state index in [1.54, 1.807) is 46.6 Å². The van der Waals surface area contributed by atoms with E-state index in [4.69, 9.17) is 19.2 Å². The maximum Gasteiger partial charge on any atom is 0.414 e. The molecule has 6 rings (SSSR count). The smallest absolute Gasteiger partial charge is 0.414 e. The average molecular weight is 604 g/mol. The second kappa shape index (κ2) is 12.9. The number of likely N-dealkylation sites (N-methyl/N-ethyl adjacent to an activating group) is 1. The van der Waals surface area contributed by atoms with Gasteiger partial charge in [-0.2, -0.15) is 0 Å². The number of amides is 1. The van der Waals surface area contributed by atoms with Crippen molar-refractivity contribution in [3.8, 4) is 11.1 Å². The standard InChI is InChI=1S/C31H34FN7O5/c1-37(2)17-30(40)43-10-9-42-19-22-11-29(35-28-13-25(22)28)27-6-3-21(14-33-27)24-5-4-23(12-26(24)32)39-16-20(18-44-31(39)41)15-38-8-7-34-36-38/h3-8,12,14,19-20,25,28H,9-11,13,15-18H2,1-2H3/b22-19-/t20-,25?,28?/m0/s1. The predicted octanol–water partition coefficient (Wildman–Crippen LogP) is 3.34. The number of anilines is 1. The number of fused-ring (bicyclic) bond motifs is 1. The molecular formula is C31H34FN7O5. The Labute approximate surface area is 254 Å². The zero-order valence-corrected chi connectivity index (χ0v) is 24.6. The molecule has 2 aliphatic heterocycles. The number of rotatable bonds is 11. The zero-order chi connectivity index (χ0) is 30.6. The molecule has 1 aliphatic carbocycles. The van der Waals surface area contributed by atoms with E-state index in [1.165, 1.54) is 11.0 Å². The van der Waals surface area contributed by atoms with Crippen LogP contribution in [0.2, 0.25) is 0 Å². The van der Waals surface area contributed by atoms with E-state index in [1.807, 2.05) is 26.2 Å². The number of esters is 1. The molecule has 230 valence electrons. The topological polar surface area (TPSA) is 124 Å². The van der Waals surface area contributed by atoms with Crippen molar-refractivity contribution in [2.24, 2.45) is 16.8 Å². The predicted molar refractivity (Wildman–Crippen MR) is 158 cm³/mol. The van der Waals surface area contributed by atoms with Crippen LogP contribution in [0.3, 0.4) is 0 Å². The zero-order valence-electron chi connectivity index (χ0n) is 24.6. The van der Waals surface area contributed by atoms with Crippen LogP contribution in [0.4, 0.5) is 14.9 Å². The SMILES string of the molecule is CN(C)CC(=O)OCCO/C=C1/CC(c2ccc(-c3ccc(N4C[C@H](Cn5ccnn5)COC4=O)cc3F)cn2)=NC2CC12. The molecule has 44 heavy (non-hydrogen) atoms. The Hall–Kier alpha value is -4.65. The maximum absolute atomic E-state index is 15.4. The van der Waals surface area contributed by atoms with Crippen molar-refractivity contribution < 1.29 is 28.2 Å². The van der Waals surface area contributed by atoms with Crippen molar-refractivity contribution in [2.45, 2.75) is 25.4 Å². The average Bonchev–Trinajstić information content (AvgIpc) is 3.62. The lowest BCUT2D eigenvalue weighted by Crippen LogP contribution is -2.44. The molecule has 0 spiro atoms. The maximum atomic E-state index is 15.4. The van der Waals surface area contributed by atoms with Gasteiger partial charge in [0, 0.05) is 54.0 Å². The first-order valence-corrected chi connectivity index (χ1v) is 14.6. The molecule has 3 aromatic rings. The Morgan fingerprint density at radius 2 is 2.11 bits per heavy atom. The number of hydrogen-bond donors (Lipinski definition) is 0. The number of aromatic nitrogens is 4.